The van der Waals surface area contributed by atoms with Gasteiger partial charge in [0.1, 0.15) is 5.78 Å². The summed E-state index contributed by atoms with van der Waals surface area (Å²) in [6.07, 6.45) is 6.06. The predicted molar refractivity (Wildman–Crippen MR) is 226 cm³/mol. The molecule has 2 amide bonds. The van der Waals surface area contributed by atoms with Crippen molar-refractivity contribution in [1.29, 1.82) is 0 Å². The number of amides is 2. The monoisotopic (exact) mass is 802 g/mol. The van der Waals surface area contributed by atoms with Gasteiger partial charge in [-0.25, -0.2) is 0 Å². The molecule has 0 aliphatic carbocycles. The van der Waals surface area contributed by atoms with Crippen LogP contribution >= 0.6 is 0 Å². The Morgan fingerprint density at radius 2 is 0.696 bits per heavy atom. The van der Waals surface area contributed by atoms with Crippen LogP contribution in [-0.4, -0.2) is 110 Å². The number of nitrogens with one attached hydrogen (secondary N) is 2. The van der Waals surface area contributed by atoms with E-state index in [2.05, 4.69) is 24.5 Å². The van der Waals surface area contributed by atoms with E-state index in [1.807, 2.05) is 90.0 Å². The molecular formula is C44H87N3O9. The van der Waals surface area contributed by atoms with E-state index in [1.165, 1.54) is 0 Å². The van der Waals surface area contributed by atoms with Crippen LogP contribution in [0.3, 0.4) is 0 Å². The summed E-state index contributed by atoms with van der Waals surface area (Å²) in [6.45, 7) is 34.5. The fourth-order valence-electron chi connectivity index (χ4n) is 5.42. The first-order chi connectivity index (χ1) is 25.5. The summed E-state index contributed by atoms with van der Waals surface area (Å²) < 4.78 is 36.4. The quantitative estimate of drug-likeness (QED) is 0.0570. The van der Waals surface area contributed by atoms with Crippen molar-refractivity contribution in [3.63, 3.8) is 0 Å². The number of Topliss-reactive ketones (excluding diaryl/α,β-unsaturated/α-hetero) is 1. The standard InChI is InChI=1S/C44H87N3O9/c1-38(2,3)35(48)17-20-39(4,5)52-31-24-43(12,13)55-33-27-46-37(50)19-22-41(8,9)54-32-25-44(14,15)56-34-28-47-36(49)18-21-40(6,7)53-30-23-42(10,11)51-29-16-26-45/h16-34,45H2,1-15H3,(H,46,50)(H,47,49). The summed E-state index contributed by atoms with van der Waals surface area (Å²) in [4.78, 5) is 37.4. The largest absolute Gasteiger partial charge is 0.375 e. The third kappa shape index (κ3) is 29.5. The van der Waals surface area contributed by atoms with E-state index < -0.39 is 22.4 Å². The third-order valence-corrected chi connectivity index (χ3v) is 9.96. The van der Waals surface area contributed by atoms with Crippen LogP contribution in [0.2, 0.25) is 0 Å². The summed E-state index contributed by atoms with van der Waals surface area (Å²) in [7, 11) is 0. The lowest BCUT2D eigenvalue weighted by molar-refractivity contribution is -0.128. The lowest BCUT2D eigenvalue weighted by Crippen LogP contribution is -2.36. The smallest absolute Gasteiger partial charge is 0.220 e. The number of carbonyl (C=O) groups excluding carboxylic acids is 3. The van der Waals surface area contributed by atoms with Gasteiger partial charge in [-0.05, 0) is 135 Å². The Kier molecular flexibility index (Phi) is 24.3. The molecule has 0 fully saturated rings. The highest BCUT2D eigenvalue weighted by Crippen LogP contribution is 2.25. The van der Waals surface area contributed by atoms with Gasteiger partial charge in [-0.3, -0.25) is 14.4 Å². The summed E-state index contributed by atoms with van der Waals surface area (Å²) in [5.74, 6) is 0.180. The lowest BCUT2D eigenvalue weighted by Gasteiger charge is -2.30. The second kappa shape index (κ2) is 25.1. The maximum atomic E-state index is 12.6. The second-order valence-electron chi connectivity index (χ2n) is 19.9. The van der Waals surface area contributed by atoms with Crippen LogP contribution in [0.25, 0.3) is 0 Å². The number of hydrogen-bond donors (Lipinski definition) is 3. The molecule has 4 N–H and O–H groups in total. The molecule has 12 heteroatoms. The van der Waals surface area contributed by atoms with Gasteiger partial charge < -0.3 is 44.8 Å². The van der Waals surface area contributed by atoms with Crippen LogP contribution in [0.1, 0.15) is 168 Å². The predicted octanol–water partition coefficient (Wildman–Crippen LogP) is 7.46. The number of ketones is 1. The maximum absolute atomic E-state index is 12.6. The van der Waals surface area contributed by atoms with Gasteiger partial charge in [-0.15, -0.1) is 0 Å². The first-order valence-corrected chi connectivity index (χ1v) is 21.1. The Bertz CT molecular complexity index is 1130. The molecule has 0 radical (unpaired) electrons. The van der Waals surface area contributed by atoms with Crippen LogP contribution in [-0.2, 0) is 42.8 Å². The first kappa shape index (κ1) is 54.3. The summed E-state index contributed by atoms with van der Waals surface area (Å²) in [5, 5.41) is 5.91. The van der Waals surface area contributed by atoms with E-state index in [1.54, 1.807) is 0 Å². The van der Waals surface area contributed by atoms with Crippen molar-refractivity contribution < 1.29 is 42.8 Å². The van der Waals surface area contributed by atoms with Crippen molar-refractivity contribution in [2.45, 2.75) is 202 Å². The van der Waals surface area contributed by atoms with Crippen LogP contribution in [0.5, 0.6) is 0 Å². The van der Waals surface area contributed by atoms with Crippen molar-refractivity contribution in [2.24, 2.45) is 11.1 Å². The van der Waals surface area contributed by atoms with Crippen molar-refractivity contribution in [3.8, 4) is 0 Å². The summed E-state index contributed by atoms with van der Waals surface area (Å²) in [5.41, 5.74) is 2.83. The maximum Gasteiger partial charge on any atom is 0.220 e. The number of ether oxygens (including phenoxy) is 6. The number of nitrogens with two attached hydrogens (primary N) is 1. The van der Waals surface area contributed by atoms with Gasteiger partial charge in [-0.1, -0.05) is 20.8 Å². The van der Waals surface area contributed by atoms with Gasteiger partial charge in [0.2, 0.25) is 11.8 Å². The molecule has 0 saturated carbocycles. The molecule has 0 aromatic carbocycles. The Labute approximate surface area is 342 Å². The van der Waals surface area contributed by atoms with Crippen LogP contribution in [0.15, 0.2) is 0 Å². The third-order valence-electron chi connectivity index (χ3n) is 9.96. The highest BCUT2D eigenvalue weighted by Gasteiger charge is 2.28. The highest BCUT2D eigenvalue weighted by atomic mass is 16.5. The number of carbonyl (C=O) groups is 3. The average Bonchev–Trinajstić information content (AvgIpc) is 3.05. The van der Waals surface area contributed by atoms with Crippen molar-refractivity contribution in [3.05, 3.63) is 0 Å². The average molecular weight is 802 g/mol. The zero-order valence-electron chi connectivity index (χ0n) is 38.7. The van der Waals surface area contributed by atoms with Gasteiger partial charge >= 0.3 is 0 Å². The first-order valence-electron chi connectivity index (χ1n) is 21.1. The van der Waals surface area contributed by atoms with Crippen LogP contribution in [0.4, 0.5) is 0 Å². The molecule has 0 atom stereocenters. The van der Waals surface area contributed by atoms with Gasteiger partial charge in [-0.2, -0.15) is 0 Å². The number of rotatable bonds is 33. The highest BCUT2D eigenvalue weighted by molar-refractivity contribution is 5.83. The van der Waals surface area contributed by atoms with Crippen LogP contribution < -0.4 is 16.4 Å². The van der Waals surface area contributed by atoms with Crippen molar-refractivity contribution in [1.82, 2.24) is 10.6 Å². The van der Waals surface area contributed by atoms with Gasteiger partial charge in [0, 0.05) is 44.4 Å². The molecule has 0 saturated heterocycles. The summed E-state index contributed by atoms with van der Waals surface area (Å²) in [6, 6.07) is 0. The molecule has 0 aromatic rings. The fraction of sp³-hybridized carbons (Fsp3) is 0.932. The van der Waals surface area contributed by atoms with Crippen molar-refractivity contribution in [2.75, 3.05) is 59.3 Å². The SMILES string of the molecule is CC(C)(CCOC(C)(C)CCC(=O)NCCOC(C)(C)CCOC(C)(C)CCC(=O)NCCOC(C)(C)CCOC(C)(C)CCC(=O)C(C)(C)C)OCCCN. The molecule has 56 heavy (non-hydrogen) atoms. The lowest BCUT2D eigenvalue weighted by atomic mass is 9.86. The Balaban J connectivity index is 4.23. The molecule has 0 aliphatic heterocycles. The van der Waals surface area contributed by atoms with Gasteiger partial charge in [0.05, 0.1) is 66.6 Å². The minimum Gasteiger partial charge on any atom is -0.375 e. The van der Waals surface area contributed by atoms with E-state index in [0.29, 0.717) is 111 Å². The molecule has 0 unspecified atom stereocenters. The molecule has 0 rings (SSSR count). The molecule has 0 heterocycles. The molecule has 0 spiro atoms. The van der Waals surface area contributed by atoms with E-state index in [0.717, 1.165) is 12.8 Å². The fourth-order valence-corrected chi connectivity index (χ4v) is 5.42. The van der Waals surface area contributed by atoms with Gasteiger partial charge in [0.15, 0.2) is 0 Å². The van der Waals surface area contributed by atoms with E-state index >= 15 is 0 Å². The van der Waals surface area contributed by atoms with Crippen molar-refractivity contribution >= 4 is 17.6 Å². The zero-order valence-corrected chi connectivity index (χ0v) is 38.7. The minimum absolute atomic E-state index is 0.0253. The zero-order chi connectivity index (χ0) is 43.3. The Hall–Kier alpha value is -1.67. The van der Waals surface area contributed by atoms with Gasteiger partial charge in [0.25, 0.3) is 0 Å². The normalized spacial score (nSPS) is 13.6. The summed E-state index contributed by atoms with van der Waals surface area (Å²) >= 11 is 0. The van der Waals surface area contributed by atoms with E-state index in [9.17, 15) is 14.4 Å². The Morgan fingerprint density at radius 1 is 0.411 bits per heavy atom. The molecule has 0 bridgehead atoms. The number of hydrogen-bond acceptors (Lipinski definition) is 10. The Morgan fingerprint density at radius 3 is 1.02 bits per heavy atom. The molecule has 332 valence electrons. The van der Waals surface area contributed by atoms with E-state index in [-0.39, 0.29) is 34.2 Å². The molecule has 0 aliphatic rings. The molecule has 12 nitrogen and oxygen atoms in total. The van der Waals surface area contributed by atoms with Crippen LogP contribution in [0, 0.1) is 5.41 Å². The second-order valence-corrected chi connectivity index (χ2v) is 19.9. The minimum atomic E-state index is -0.473. The topological polar surface area (TPSA) is 157 Å². The van der Waals surface area contributed by atoms with E-state index in [4.69, 9.17) is 34.2 Å². The molecular weight excluding hydrogens is 714 g/mol. The molecule has 0 aromatic heterocycles.